The predicted molar refractivity (Wildman–Crippen MR) is 124 cm³/mol. The summed E-state index contributed by atoms with van der Waals surface area (Å²) in [6.45, 7) is 5.68. The first-order chi connectivity index (χ1) is 16.4. The maximum Gasteiger partial charge on any atom is 0.338 e. The molecule has 0 spiro atoms. The van der Waals surface area contributed by atoms with Crippen LogP contribution in [0.2, 0.25) is 0 Å². The highest BCUT2D eigenvalue weighted by Gasteiger charge is 2.35. The van der Waals surface area contributed by atoms with E-state index >= 15 is 0 Å². The molecule has 186 valence electrons. The van der Waals surface area contributed by atoms with Gasteiger partial charge in [0.05, 0.1) is 24.4 Å². The number of aliphatic hydroxyl groups excluding tert-OH is 1. The van der Waals surface area contributed by atoms with Crippen LogP contribution < -0.4 is 0 Å². The van der Waals surface area contributed by atoms with Gasteiger partial charge in [-0.25, -0.2) is 13.6 Å². The van der Waals surface area contributed by atoms with Gasteiger partial charge < -0.3 is 14.6 Å². The monoisotopic (exact) mass is 505 g/mol. The van der Waals surface area contributed by atoms with E-state index < -0.39 is 29.4 Å². The first-order valence-electron chi connectivity index (χ1n) is 11.3. The lowest BCUT2D eigenvalue weighted by Crippen LogP contribution is -2.58. The first kappa shape index (κ1) is 25.5. The van der Waals surface area contributed by atoms with Crippen molar-refractivity contribution < 1.29 is 28.2 Å². The van der Waals surface area contributed by atoms with E-state index in [1.807, 2.05) is 6.92 Å². The van der Waals surface area contributed by atoms with Gasteiger partial charge in [-0.05, 0) is 41.8 Å². The van der Waals surface area contributed by atoms with Crippen molar-refractivity contribution in [2.45, 2.75) is 31.8 Å². The molecule has 5 rings (SSSR count). The smallest absolute Gasteiger partial charge is 0.338 e. The van der Waals surface area contributed by atoms with Gasteiger partial charge in [0.25, 0.3) is 0 Å². The van der Waals surface area contributed by atoms with Crippen LogP contribution in [0.15, 0.2) is 24.3 Å². The molecule has 3 heterocycles. The van der Waals surface area contributed by atoms with Crippen LogP contribution in [0, 0.1) is 29.9 Å². The number of fused-ring (bicyclic) bond motifs is 2. The average Bonchev–Trinajstić information content (AvgIpc) is 3.20. The number of rotatable bonds is 4. The van der Waals surface area contributed by atoms with Crippen LogP contribution in [0.3, 0.4) is 0 Å². The third-order valence-electron chi connectivity index (χ3n) is 7.12. The third kappa shape index (κ3) is 4.77. The van der Waals surface area contributed by atoms with Gasteiger partial charge in [-0.15, -0.1) is 12.4 Å². The molecule has 3 atom stereocenters. The molecule has 2 aromatic rings. The Morgan fingerprint density at radius 2 is 1.97 bits per heavy atom. The number of carbonyl (C=O) groups is 1. The number of halogens is 3. The minimum absolute atomic E-state index is 0. The lowest BCUT2D eigenvalue weighted by molar-refractivity contribution is -0.0938. The number of morpholine rings is 1. The second-order valence-corrected chi connectivity index (χ2v) is 9.10. The molecule has 7 nitrogen and oxygen atoms in total. The summed E-state index contributed by atoms with van der Waals surface area (Å²) in [6.07, 6.45) is -1.17. The zero-order valence-electron chi connectivity index (χ0n) is 19.2. The van der Waals surface area contributed by atoms with Gasteiger partial charge in [0.15, 0.2) is 0 Å². The molecule has 0 radical (unpaired) electrons. The average molecular weight is 506 g/mol. The molecule has 35 heavy (non-hydrogen) atoms. The summed E-state index contributed by atoms with van der Waals surface area (Å²) < 4.78 is 39.1. The van der Waals surface area contributed by atoms with Crippen LogP contribution in [-0.2, 0) is 16.1 Å². The minimum atomic E-state index is -0.875. The fraction of sp³-hybridized carbons (Fsp3) is 0.440. The highest BCUT2D eigenvalue weighted by molar-refractivity contribution is 5.93. The third-order valence-corrected chi connectivity index (χ3v) is 7.12. The fourth-order valence-corrected chi connectivity index (χ4v) is 5.17. The molecule has 3 aliphatic rings. The molecular formula is C25H26ClF2N3O4. The van der Waals surface area contributed by atoms with Crippen molar-refractivity contribution >= 4 is 18.4 Å². The molecule has 0 amide bonds. The Bertz CT molecular complexity index is 1170. The van der Waals surface area contributed by atoms with E-state index in [4.69, 9.17) is 14.7 Å². The number of β-amino-alcohol motifs (C(OH)–C–C–N with tert-alkyl or cyclic N) is 1. The number of esters is 1. The molecule has 0 unspecified atom stereocenters. The molecule has 1 N–H and O–H groups in total. The molecular weight excluding hydrogens is 480 g/mol. The molecule has 0 saturated carbocycles. The minimum Gasteiger partial charge on any atom is -0.457 e. The second-order valence-electron chi connectivity index (χ2n) is 9.10. The van der Waals surface area contributed by atoms with Crippen LogP contribution in [0.25, 0.3) is 0 Å². The lowest BCUT2D eigenvalue weighted by Gasteiger charge is -2.46. The zero-order valence-corrected chi connectivity index (χ0v) is 20.0. The number of ether oxygens (including phenoxy) is 2. The molecule has 3 aliphatic heterocycles. The van der Waals surface area contributed by atoms with Gasteiger partial charge in [-0.3, -0.25) is 9.80 Å². The number of carbonyl (C=O) groups excluding carboxylic acids is 1. The summed E-state index contributed by atoms with van der Waals surface area (Å²) in [5.74, 6) is -2.07. The highest BCUT2D eigenvalue weighted by Crippen LogP contribution is 2.31. The van der Waals surface area contributed by atoms with Crippen LogP contribution >= 0.6 is 12.4 Å². The van der Waals surface area contributed by atoms with Crippen molar-refractivity contribution in [3.05, 3.63) is 69.3 Å². The van der Waals surface area contributed by atoms with Crippen LogP contribution in [0.4, 0.5) is 8.78 Å². The largest absolute Gasteiger partial charge is 0.457 e. The summed E-state index contributed by atoms with van der Waals surface area (Å²) in [4.78, 5) is 16.2. The Kier molecular flexibility index (Phi) is 7.40. The van der Waals surface area contributed by atoms with Crippen molar-refractivity contribution in [1.29, 1.82) is 5.26 Å². The number of nitriles is 1. The molecule has 0 aliphatic carbocycles. The predicted octanol–water partition coefficient (Wildman–Crippen LogP) is 3.03. The lowest BCUT2D eigenvalue weighted by atomic mass is 9.95. The maximum atomic E-state index is 14.0. The van der Waals surface area contributed by atoms with Gasteiger partial charge in [0, 0.05) is 44.3 Å². The number of hydrogen-bond donors (Lipinski definition) is 1. The number of hydrogen-bond acceptors (Lipinski definition) is 7. The second kappa shape index (κ2) is 10.2. The number of benzene rings is 2. The molecule has 0 aromatic heterocycles. The summed E-state index contributed by atoms with van der Waals surface area (Å²) >= 11 is 0. The summed E-state index contributed by atoms with van der Waals surface area (Å²) in [6, 6.07) is 7.52. The molecule has 2 aromatic carbocycles. The van der Waals surface area contributed by atoms with Gasteiger partial charge in [-0.1, -0.05) is 6.07 Å². The van der Waals surface area contributed by atoms with Gasteiger partial charge in [-0.2, -0.15) is 5.26 Å². The Morgan fingerprint density at radius 1 is 1.23 bits per heavy atom. The van der Waals surface area contributed by atoms with E-state index in [1.165, 1.54) is 12.1 Å². The van der Waals surface area contributed by atoms with Crippen LogP contribution in [-0.4, -0.2) is 66.2 Å². The van der Waals surface area contributed by atoms with Crippen molar-refractivity contribution in [2.24, 2.45) is 0 Å². The molecule has 10 heteroatoms. The van der Waals surface area contributed by atoms with Crippen molar-refractivity contribution in [3.8, 4) is 6.07 Å². The summed E-state index contributed by atoms with van der Waals surface area (Å²) in [7, 11) is 0. The molecule has 0 bridgehead atoms. The normalized spacial score (nSPS) is 23.0. The van der Waals surface area contributed by atoms with Crippen molar-refractivity contribution in [3.63, 3.8) is 0 Å². The highest BCUT2D eigenvalue weighted by atomic mass is 35.5. The Labute approximate surface area is 208 Å². The van der Waals surface area contributed by atoms with Gasteiger partial charge in [0.2, 0.25) is 0 Å². The topological polar surface area (TPSA) is 86.0 Å². The van der Waals surface area contributed by atoms with E-state index in [1.54, 1.807) is 18.2 Å². The van der Waals surface area contributed by atoms with E-state index in [0.717, 1.165) is 29.8 Å². The van der Waals surface area contributed by atoms with Crippen LogP contribution in [0.5, 0.6) is 0 Å². The Balaban J connectivity index is 0.00000289. The molecule has 2 saturated heterocycles. The van der Waals surface area contributed by atoms with Gasteiger partial charge >= 0.3 is 5.97 Å². The van der Waals surface area contributed by atoms with Crippen LogP contribution in [0.1, 0.15) is 50.4 Å². The standard InChI is InChI=1S/C25H25F2N3O4.ClH/c1-14-17(2-3-18-20(14)13-34-25(18)32)23(31)10-29-4-5-30-11-24(33-12-16(30)9-29)15-6-21(26)19(8-28)22(27)7-15;/h2-3,6-7,16,23-24,31H,4-5,9-13H2,1H3;1H/t16-,23-,24-;/m0./s1. The SMILES string of the molecule is Cc1c([C@@H](O)CN2CCN3C[C@@H](c4cc(F)c(C#N)c(F)c4)OC[C@@H]3C2)ccc2c1COC2=O.Cl. The van der Waals surface area contributed by atoms with E-state index in [2.05, 4.69) is 9.80 Å². The fourth-order valence-electron chi connectivity index (χ4n) is 5.17. The molecule has 2 fully saturated rings. The van der Waals surface area contributed by atoms with E-state index in [9.17, 15) is 18.7 Å². The number of nitrogens with zero attached hydrogens (tertiary/aromatic N) is 3. The first-order valence-corrected chi connectivity index (χ1v) is 11.3. The Hall–Kier alpha value is -2.61. The maximum absolute atomic E-state index is 14.0. The summed E-state index contributed by atoms with van der Waals surface area (Å²) in [5.41, 5.74) is 2.90. The quantitative estimate of drug-likeness (QED) is 0.639. The zero-order chi connectivity index (χ0) is 24.0. The Morgan fingerprint density at radius 3 is 2.69 bits per heavy atom. The van der Waals surface area contributed by atoms with E-state index in [0.29, 0.717) is 37.4 Å². The number of piperazine rings is 1. The van der Waals surface area contributed by atoms with Gasteiger partial charge in [0.1, 0.15) is 29.9 Å². The number of aliphatic hydroxyl groups is 1. The van der Waals surface area contributed by atoms with Crippen molar-refractivity contribution in [2.75, 3.05) is 39.3 Å². The number of cyclic esters (lactones) is 1. The summed E-state index contributed by atoms with van der Waals surface area (Å²) in [5, 5.41) is 19.8. The van der Waals surface area contributed by atoms with E-state index in [-0.39, 0.29) is 31.0 Å². The van der Waals surface area contributed by atoms with Crippen molar-refractivity contribution in [1.82, 2.24) is 9.80 Å².